The third-order valence-electron chi connectivity index (χ3n) is 4.12. The number of aromatic amines is 1. The second kappa shape index (κ2) is 6.08. The fourth-order valence-corrected chi connectivity index (χ4v) is 2.95. The number of aromatic nitrogens is 3. The number of nitrogens with one attached hydrogen (secondary N) is 1. The number of para-hydroxylation sites is 1. The van der Waals surface area contributed by atoms with Crippen LogP contribution < -0.4 is 4.90 Å². The summed E-state index contributed by atoms with van der Waals surface area (Å²) in [6.07, 6.45) is 4.71. The molecule has 2 heterocycles. The fourth-order valence-electron chi connectivity index (χ4n) is 2.95. The van der Waals surface area contributed by atoms with E-state index in [1.54, 1.807) is 0 Å². The largest absolute Gasteiger partial charge is 0.312 e. The molecule has 1 atom stereocenters. The van der Waals surface area contributed by atoms with E-state index in [-0.39, 0.29) is 5.91 Å². The molecule has 0 radical (unpaired) electrons. The molecule has 1 aliphatic heterocycles. The lowest BCUT2D eigenvalue weighted by Crippen LogP contribution is -2.32. The van der Waals surface area contributed by atoms with Crippen LogP contribution in [-0.4, -0.2) is 27.6 Å². The van der Waals surface area contributed by atoms with Crippen molar-refractivity contribution in [2.24, 2.45) is 0 Å². The van der Waals surface area contributed by atoms with Crippen molar-refractivity contribution in [3.8, 4) is 0 Å². The second-order valence-corrected chi connectivity index (χ2v) is 5.58. The minimum atomic E-state index is 0.160. The predicted molar refractivity (Wildman–Crippen MR) is 81.1 cm³/mol. The van der Waals surface area contributed by atoms with Gasteiger partial charge in [0.2, 0.25) is 5.91 Å². The number of anilines is 1. The van der Waals surface area contributed by atoms with Crippen LogP contribution in [0.15, 0.2) is 30.6 Å². The first-order chi connectivity index (χ1) is 10.3. The Morgan fingerprint density at radius 1 is 1.43 bits per heavy atom. The van der Waals surface area contributed by atoms with Gasteiger partial charge in [-0.1, -0.05) is 25.1 Å². The third-order valence-corrected chi connectivity index (χ3v) is 4.12. The molecule has 1 unspecified atom stereocenters. The van der Waals surface area contributed by atoms with E-state index in [1.165, 1.54) is 11.9 Å². The highest BCUT2D eigenvalue weighted by molar-refractivity contribution is 5.94. The average Bonchev–Trinajstić information content (AvgIpc) is 2.96. The van der Waals surface area contributed by atoms with Gasteiger partial charge in [0.1, 0.15) is 12.2 Å². The van der Waals surface area contributed by atoms with E-state index in [0.717, 1.165) is 30.9 Å². The number of hydrogen-bond acceptors (Lipinski definition) is 3. The fraction of sp³-hybridized carbons (Fsp3) is 0.438. The zero-order valence-corrected chi connectivity index (χ0v) is 12.2. The van der Waals surface area contributed by atoms with Crippen LogP contribution in [0.25, 0.3) is 0 Å². The molecule has 21 heavy (non-hydrogen) atoms. The maximum absolute atomic E-state index is 12.6. The Balaban J connectivity index is 1.77. The summed E-state index contributed by atoms with van der Waals surface area (Å²) in [6, 6.07) is 8.26. The lowest BCUT2D eigenvalue weighted by atomic mass is 9.96. The topological polar surface area (TPSA) is 61.9 Å². The summed E-state index contributed by atoms with van der Waals surface area (Å²) in [6.45, 7) is 3.04. The number of hydrogen-bond donors (Lipinski definition) is 1. The molecule has 3 rings (SSSR count). The molecule has 1 aromatic heterocycles. The molecule has 0 spiro atoms. The number of carbonyl (C=O) groups is 1. The van der Waals surface area contributed by atoms with Crippen LogP contribution in [0.3, 0.4) is 0 Å². The van der Waals surface area contributed by atoms with Gasteiger partial charge in [0.25, 0.3) is 0 Å². The zero-order valence-electron chi connectivity index (χ0n) is 12.2. The number of carbonyl (C=O) groups excluding carboxylic acids is 1. The van der Waals surface area contributed by atoms with Crippen molar-refractivity contribution in [2.45, 2.75) is 38.5 Å². The summed E-state index contributed by atoms with van der Waals surface area (Å²) in [5.74, 6) is 1.43. The zero-order chi connectivity index (χ0) is 14.7. The third kappa shape index (κ3) is 2.96. The first kappa shape index (κ1) is 13.8. The number of aryl methyl sites for hydroxylation is 1. The van der Waals surface area contributed by atoms with Crippen molar-refractivity contribution in [3.63, 3.8) is 0 Å². The van der Waals surface area contributed by atoms with E-state index in [9.17, 15) is 4.79 Å². The highest BCUT2D eigenvalue weighted by atomic mass is 16.2. The second-order valence-electron chi connectivity index (χ2n) is 5.58. The number of benzene rings is 1. The van der Waals surface area contributed by atoms with Gasteiger partial charge >= 0.3 is 0 Å². The highest BCUT2D eigenvalue weighted by Crippen LogP contribution is 2.34. The number of rotatable bonds is 3. The van der Waals surface area contributed by atoms with E-state index in [2.05, 4.69) is 40.3 Å². The number of nitrogens with zero attached hydrogens (tertiary/aromatic N) is 3. The predicted octanol–water partition coefficient (Wildman–Crippen LogP) is 2.67. The Labute approximate surface area is 124 Å². The highest BCUT2D eigenvalue weighted by Gasteiger charge is 2.23. The van der Waals surface area contributed by atoms with Crippen LogP contribution in [0, 0.1) is 0 Å². The summed E-state index contributed by atoms with van der Waals surface area (Å²) in [4.78, 5) is 18.6. The molecule has 0 bridgehead atoms. The molecular weight excluding hydrogens is 264 g/mol. The minimum Gasteiger partial charge on any atom is -0.312 e. The normalized spacial score (nSPS) is 18.1. The average molecular weight is 284 g/mol. The summed E-state index contributed by atoms with van der Waals surface area (Å²) in [7, 11) is 0. The van der Waals surface area contributed by atoms with Crippen molar-refractivity contribution in [3.05, 3.63) is 42.0 Å². The van der Waals surface area contributed by atoms with Gasteiger partial charge in [-0.15, -0.1) is 0 Å². The Bertz CT molecular complexity index is 608. The van der Waals surface area contributed by atoms with Crippen LogP contribution in [0.5, 0.6) is 0 Å². The van der Waals surface area contributed by atoms with Gasteiger partial charge in [0.15, 0.2) is 0 Å². The van der Waals surface area contributed by atoms with Crippen molar-refractivity contribution in [1.82, 2.24) is 15.2 Å². The summed E-state index contributed by atoms with van der Waals surface area (Å²) < 4.78 is 0. The monoisotopic (exact) mass is 284 g/mol. The Morgan fingerprint density at radius 2 is 2.29 bits per heavy atom. The van der Waals surface area contributed by atoms with Gasteiger partial charge in [-0.05, 0) is 30.4 Å². The van der Waals surface area contributed by atoms with E-state index < -0.39 is 0 Å². The van der Waals surface area contributed by atoms with Crippen LogP contribution in [0.2, 0.25) is 0 Å². The SMILES string of the molecule is CC1CCCN(C(=O)CCc2ncn[nH]2)c2ccccc21. The Kier molecular flexibility index (Phi) is 3.99. The van der Waals surface area contributed by atoms with Gasteiger partial charge < -0.3 is 4.90 Å². The molecule has 2 aromatic rings. The maximum atomic E-state index is 12.6. The molecular formula is C16H20N4O. The molecule has 0 aliphatic carbocycles. The van der Waals surface area contributed by atoms with Crippen LogP contribution in [0.4, 0.5) is 5.69 Å². The minimum absolute atomic E-state index is 0.160. The maximum Gasteiger partial charge on any atom is 0.227 e. The molecule has 5 heteroatoms. The molecule has 0 saturated carbocycles. The summed E-state index contributed by atoms with van der Waals surface area (Å²) in [5, 5.41) is 6.61. The number of amides is 1. The molecule has 110 valence electrons. The van der Waals surface area contributed by atoms with E-state index >= 15 is 0 Å². The van der Waals surface area contributed by atoms with Crippen molar-refractivity contribution >= 4 is 11.6 Å². The van der Waals surface area contributed by atoms with Gasteiger partial charge in [0.05, 0.1) is 0 Å². The quantitative estimate of drug-likeness (QED) is 0.942. The Hall–Kier alpha value is -2.17. The molecule has 1 amide bonds. The van der Waals surface area contributed by atoms with Gasteiger partial charge in [-0.3, -0.25) is 9.89 Å². The molecule has 1 aromatic carbocycles. The van der Waals surface area contributed by atoms with Gasteiger partial charge in [-0.2, -0.15) is 5.10 Å². The first-order valence-electron chi connectivity index (χ1n) is 7.49. The molecule has 0 fully saturated rings. The van der Waals surface area contributed by atoms with Crippen LogP contribution >= 0.6 is 0 Å². The Morgan fingerprint density at radius 3 is 3.10 bits per heavy atom. The number of H-pyrrole nitrogens is 1. The van der Waals surface area contributed by atoms with Crippen LogP contribution in [0.1, 0.15) is 43.5 Å². The lowest BCUT2D eigenvalue weighted by Gasteiger charge is -2.23. The molecule has 1 aliphatic rings. The lowest BCUT2D eigenvalue weighted by molar-refractivity contribution is -0.118. The molecule has 0 saturated heterocycles. The van der Waals surface area contributed by atoms with Gasteiger partial charge in [-0.25, -0.2) is 4.98 Å². The van der Waals surface area contributed by atoms with Crippen molar-refractivity contribution in [1.29, 1.82) is 0 Å². The molecule has 5 nitrogen and oxygen atoms in total. The van der Waals surface area contributed by atoms with Crippen molar-refractivity contribution < 1.29 is 4.79 Å². The smallest absolute Gasteiger partial charge is 0.227 e. The first-order valence-corrected chi connectivity index (χ1v) is 7.49. The van der Waals surface area contributed by atoms with E-state index in [0.29, 0.717) is 18.8 Å². The van der Waals surface area contributed by atoms with Crippen LogP contribution in [-0.2, 0) is 11.2 Å². The van der Waals surface area contributed by atoms with Crippen molar-refractivity contribution in [2.75, 3.05) is 11.4 Å². The summed E-state index contributed by atoms with van der Waals surface area (Å²) in [5.41, 5.74) is 2.35. The molecule has 1 N–H and O–H groups in total. The van der Waals surface area contributed by atoms with E-state index in [1.807, 2.05) is 11.0 Å². The standard InChI is InChI=1S/C16H20N4O/c1-12-5-4-10-20(14-7-3-2-6-13(12)14)16(21)9-8-15-17-11-18-19-15/h2-3,6-7,11-12H,4-5,8-10H2,1H3,(H,17,18,19). The number of fused-ring (bicyclic) bond motifs is 1. The van der Waals surface area contributed by atoms with E-state index in [4.69, 9.17) is 0 Å². The summed E-state index contributed by atoms with van der Waals surface area (Å²) >= 11 is 0. The van der Waals surface area contributed by atoms with Gasteiger partial charge in [0, 0.05) is 25.1 Å².